The summed E-state index contributed by atoms with van der Waals surface area (Å²) in [5.41, 5.74) is 0. The average Bonchev–Trinajstić information content (AvgIpc) is 2.86. The Hall–Kier alpha value is -0.940. The van der Waals surface area contributed by atoms with Crippen molar-refractivity contribution < 1.29 is 4.79 Å². The van der Waals surface area contributed by atoms with Gasteiger partial charge in [0.25, 0.3) is 0 Å². The lowest BCUT2D eigenvalue weighted by atomic mass is 10.2. The van der Waals surface area contributed by atoms with E-state index in [-0.39, 0.29) is 5.91 Å². The number of aromatic nitrogens is 1. The molecule has 5 heteroatoms. The largest absolute Gasteiger partial charge is 0.306 e. The van der Waals surface area contributed by atoms with E-state index < -0.39 is 0 Å². The molecule has 0 aromatic carbocycles. The van der Waals surface area contributed by atoms with Crippen LogP contribution in [0.1, 0.15) is 25.7 Å². The number of anilines is 1. The molecule has 1 heterocycles. The fourth-order valence-corrected chi connectivity index (χ4v) is 2.36. The zero-order valence-electron chi connectivity index (χ0n) is 8.53. The van der Waals surface area contributed by atoms with E-state index in [1.807, 2.05) is 5.38 Å². The molecule has 1 aromatic rings. The number of nitrogens with zero attached hydrogens (tertiary/aromatic N) is 1. The molecule has 0 saturated heterocycles. The van der Waals surface area contributed by atoms with E-state index in [0.29, 0.717) is 17.7 Å². The second-order valence-corrected chi connectivity index (χ2v) is 4.64. The van der Waals surface area contributed by atoms with Crippen molar-refractivity contribution in [2.75, 3.05) is 11.9 Å². The van der Waals surface area contributed by atoms with Crippen molar-refractivity contribution in [2.45, 2.75) is 31.7 Å². The second kappa shape index (κ2) is 5.23. The molecule has 0 bridgehead atoms. The Morgan fingerprint density at radius 3 is 3.00 bits per heavy atom. The van der Waals surface area contributed by atoms with Crippen LogP contribution in [0.3, 0.4) is 0 Å². The van der Waals surface area contributed by atoms with E-state index >= 15 is 0 Å². The smallest absolute Gasteiger partial charge is 0.240 e. The Labute approximate surface area is 93.1 Å². The topological polar surface area (TPSA) is 54.0 Å². The van der Waals surface area contributed by atoms with Crippen molar-refractivity contribution >= 4 is 22.4 Å². The minimum absolute atomic E-state index is 0.00292. The number of hydrogen-bond donors (Lipinski definition) is 2. The van der Waals surface area contributed by atoms with Gasteiger partial charge in [0.05, 0.1) is 6.54 Å². The van der Waals surface area contributed by atoms with E-state index in [0.717, 1.165) is 0 Å². The Balaban J connectivity index is 1.68. The van der Waals surface area contributed by atoms with Crippen molar-refractivity contribution in [3.63, 3.8) is 0 Å². The third-order valence-corrected chi connectivity index (χ3v) is 3.27. The van der Waals surface area contributed by atoms with Crippen molar-refractivity contribution in [2.24, 2.45) is 0 Å². The van der Waals surface area contributed by atoms with Gasteiger partial charge in [0.15, 0.2) is 5.13 Å². The normalized spacial score (nSPS) is 16.8. The van der Waals surface area contributed by atoms with Crippen LogP contribution in [0.15, 0.2) is 11.6 Å². The highest BCUT2D eigenvalue weighted by molar-refractivity contribution is 7.13. The third-order valence-electron chi connectivity index (χ3n) is 2.59. The van der Waals surface area contributed by atoms with Gasteiger partial charge in [0, 0.05) is 17.6 Å². The summed E-state index contributed by atoms with van der Waals surface area (Å²) in [4.78, 5) is 15.5. The molecule has 0 aliphatic heterocycles. The summed E-state index contributed by atoms with van der Waals surface area (Å²) in [6.45, 7) is 0.393. The van der Waals surface area contributed by atoms with Crippen LogP contribution in [0.5, 0.6) is 0 Å². The minimum atomic E-state index is -0.00292. The molecule has 0 radical (unpaired) electrons. The fraction of sp³-hybridized carbons (Fsp3) is 0.600. The summed E-state index contributed by atoms with van der Waals surface area (Å²) in [6, 6.07) is 0.534. The summed E-state index contributed by atoms with van der Waals surface area (Å²) in [5.74, 6) is -0.00292. The molecular weight excluding hydrogens is 210 g/mol. The molecule has 0 atom stereocenters. The fourth-order valence-electron chi connectivity index (χ4n) is 1.82. The SMILES string of the molecule is O=C(CNC1CCCC1)Nc1nccs1. The molecule has 1 aliphatic carbocycles. The number of hydrogen-bond acceptors (Lipinski definition) is 4. The lowest BCUT2D eigenvalue weighted by Gasteiger charge is -2.10. The van der Waals surface area contributed by atoms with Gasteiger partial charge in [-0.1, -0.05) is 12.8 Å². The molecule has 82 valence electrons. The number of nitrogens with one attached hydrogen (secondary N) is 2. The van der Waals surface area contributed by atoms with Gasteiger partial charge in [-0.05, 0) is 12.8 Å². The molecule has 1 aliphatic rings. The van der Waals surface area contributed by atoms with Gasteiger partial charge in [-0.15, -0.1) is 11.3 Å². The lowest BCUT2D eigenvalue weighted by molar-refractivity contribution is -0.115. The Bertz CT molecular complexity index is 306. The highest BCUT2D eigenvalue weighted by atomic mass is 32.1. The Morgan fingerprint density at radius 1 is 1.53 bits per heavy atom. The standard InChI is InChI=1S/C10H15N3OS/c14-9(13-10-11-5-6-15-10)7-12-8-3-1-2-4-8/h5-6,8,12H,1-4,7H2,(H,11,13,14). The molecule has 1 amide bonds. The first-order chi connectivity index (χ1) is 7.34. The van der Waals surface area contributed by atoms with Gasteiger partial charge in [-0.3, -0.25) is 4.79 Å². The van der Waals surface area contributed by atoms with E-state index in [2.05, 4.69) is 15.6 Å². The number of carbonyl (C=O) groups excluding carboxylic acids is 1. The summed E-state index contributed by atoms with van der Waals surface area (Å²) in [7, 11) is 0. The molecule has 2 N–H and O–H groups in total. The summed E-state index contributed by atoms with van der Waals surface area (Å²) < 4.78 is 0. The number of rotatable bonds is 4. The van der Waals surface area contributed by atoms with Gasteiger partial charge < -0.3 is 10.6 Å². The first-order valence-corrected chi connectivity index (χ1v) is 6.15. The molecule has 0 unspecified atom stereocenters. The van der Waals surface area contributed by atoms with Crippen LogP contribution in [-0.4, -0.2) is 23.5 Å². The molecule has 1 aromatic heterocycles. The quantitative estimate of drug-likeness (QED) is 0.818. The van der Waals surface area contributed by atoms with Crippen molar-refractivity contribution in [1.29, 1.82) is 0 Å². The molecule has 2 rings (SSSR count). The predicted octanol–water partition coefficient (Wildman–Crippen LogP) is 1.61. The van der Waals surface area contributed by atoms with Crippen LogP contribution in [0.25, 0.3) is 0 Å². The average molecular weight is 225 g/mol. The van der Waals surface area contributed by atoms with Crippen LogP contribution in [0.4, 0.5) is 5.13 Å². The molecule has 1 fully saturated rings. The highest BCUT2D eigenvalue weighted by Crippen LogP contribution is 2.17. The van der Waals surface area contributed by atoms with Gasteiger partial charge >= 0.3 is 0 Å². The van der Waals surface area contributed by atoms with Gasteiger partial charge in [-0.25, -0.2) is 4.98 Å². The Kier molecular flexibility index (Phi) is 3.69. The van der Waals surface area contributed by atoms with Crippen molar-refractivity contribution in [3.05, 3.63) is 11.6 Å². The maximum Gasteiger partial charge on any atom is 0.240 e. The second-order valence-electron chi connectivity index (χ2n) is 3.75. The Morgan fingerprint density at radius 2 is 2.33 bits per heavy atom. The number of amides is 1. The monoisotopic (exact) mass is 225 g/mol. The minimum Gasteiger partial charge on any atom is -0.306 e. The van der Waals surface area contributed by atoms with E-state index in [1.165, 1.54) is 37.0 Å². The summed E-state index contributed by atoms with van der Waals surface area (Å²) >= 11 is 1.44. The lowest BCUT2D eigenvalue weighted by Crippen LogP contribution is -2.34. The van der Waals surface area contributed by atoms with Crippen LogP contribution >= 0.6 is 11.3 Å². The molecule has 1 saturated carbocycles. The number of carbonyl (C=O) groups is 1. The third kappa shape index (κ3) is 3.28. The van der Waals surface area contributed by atoms with E-state index in [9.17, 15) is 4.79 Å². The van der Waals surface area contributed by atoms with Gasteiger partial charge in [0.2, 0.25) is 5.91 Å². The summed E-state index contributed by atoms with van der Waals surface area (Å²) in [5, 5.41) is 8.53. The highest BCUT2D eigenvalue weighted by Gasteiger charge is 2.15. The zero-order valence-corrected chi connectivity index (χ0v) is 9.35. The van der Waals surface area contributed by atoms with Crippen LogP contribution in [0.2, 0.25) is 0 Å². The van der Waals surface area contributed by atoms with E-state index in [1.54, 1.807) is 6.20 Å². The van der Waals surface area contributed by atoms with E-state index in [4.69, 9.17) is 0 Å². The van der Waals surface area contributed by atoms with Crippen LogP contribution < -0.4 is 10.6 Å². The van der Waals surface area contributed by atoms with Gasteiger partial charge in [0.1, 0.15) is 0 Å². The summed E-state index contributed by atoms with van der Waals surface area (Å²) in [6.07, 6.45) is 6.65. The van der Waals surface area contributed by atoms with Crippen molar-refractivity contribution in [3.8, 4) is 0 Å². The van der Waals surface area contributed by atoms with Crippen LogP contribution in [-0.2, 0) is 4.79 Å². The zero-order chi connectivity index (χ0) is 10.5. The molecule has 4 nitrogen and oxygen atoms in total. The molecular formula is C10H15N3OS. The first-order valence-electron chi connectivity index (χ1n) is 5.27. The van der Waals surface area contributed by atoms with Crippen molar-refractivity contribution in [1.82, 2.24) is 10.3 Å². The maximum atomic E-state index is 11.5. The van der Waals surface area contributed by atoms with Crippen LogP contribution in [0, 0.1) is 0 Å². The predicted molar refractivity (Wildman–Crippen MR) is 61.0 cm³/mol. The molecule has 15 heavy (non-hydrogen) atoms. The maximum absolute atomic E-state index is 11.5. The van der Waals surface area contributed by atoms with Gasteiger partial charge in [-0.2, -0.15) is 0 Å². The number of thiazole rings is 1. The first kappa shape index (κ1) is 10.6. The molecule has 0 spiro atoms.